The van der Waals surface area contributed by atoms with Crippen LogP contribution in [0.15, 0.2) is 23.7 Å². The number of aryl methyl sites for hydroxylation is 1. The summed E-state index contributed by atoms with van der Waals surface area (Å²) in [5.74, 6) is 0.914. The molecule has 1 heterocycles. The van der Waals surface area contributed by atoms with Crippen LogP contribution in [0.1, 0.15) is 16.1 Å². The zero-order valence-electron chi connectivity index (χ0n) is 10.4. The van der Waals surface area contributed by atoms with E-state index in [0.717, 1.165) is 17.8 Å². The van der Waals surface area contributed by atoms with Crippen LogP contribution in [0.2, 0.25) is 0 Å². The van der Waals surface area contributed by atoms with Gasteiger partial charge in [-0.3, -0.25) is 0 Å². The molecule has 0 aliphatic heterocycles. The van der Waals surface area contributed by atoms with Gasteiger partial charge in [-0.05, 0) is 13.0 Å². The minimum atomic E-state index is 0.253. The van der Waals surface area contributed by atoms with Gasteiger partial charge >= 0.3 is 0 Å². The lowest BCUT2D eigenvalue weighted by atomic mass is 10.2. The minimum absolute atomic E-state index is 0.253. The number of nitrogens with one attached hydrogen (secondary N) is 1. The summed E-state index contributed by atoms with van der Waals surface area (Å²) in [6.07, 6.45) is 0. The largest absolute Gasteiger partial charge is 0.507 e. The molecule has 2 aromatic rings. The Bertz CT molecular complexity index is 525. The zero-order chi connectivity index (χ0) is 13.0. The number of aromatic nitrogens is 1. The molecule has 0 aliphatic carbocycles. The van der Waals surface area contributed by atoms with E-state index in [0.29, 0.717) is 12.3 Å². The van der Waals surface area contributed by atoms with Gasteiger partial charge in [0.1, 0.15) is 11.5 Å². The summed E-state index contributed by atoms with van der Waals surface area (Å²) >= 11 is 1.64. The highest BCUT2D eigenvalue weighted by Crippen LogP contribution is 2.23. The van der Waals surface area contributed by atoms with Crippen LogP contribution in [0.25, 0.3) is 0 Å². The maximum absolute atomic E-state index is 9.80. The van der Waals surface area contributed by atoms with Crippen LogP contribution in [-0.2, 0) is 13.1 Å². The molecule has 0 saturated heterocycles. The lowest BCUT2D eigenvalue weighted by Crippen LogP contribution is -2.12. The van der Waals surface area contributed by atoms with E-state index >= 15 is 0 Å². The number of aromatic hydroxyl groups is 1. The molecule has 0 amide bonds. The fourth-order valence-electron chi connectivity index (χ4n) is 1.63. The molecule has 1 aromatic heterocycles. The van der Waals surface area contributed by atoms with E-state index in [2.05, 4.69) is 10.3 Å². The van der Waals surface area contributed by atoms with Crippen molar-refractivity contribution in [3.8, 4) is 11.5 Å². The molecule has 0 fully saturated rings. The maximum atomic E-state index is 9.80. The standard InChI is InChI=1S/C13H16N2O2S/c1-9-13(18-8-15-9)7-14-6-10-3-4-11(17-2)5-12(10)16/h3-5,8,14,16H,6-7H2,1-2H3. The van der Waals surface area contributed by atoms with Crippen molar-refractivity contribution in [3.05, 3.63) is 39.8 Å². The van der Waals surface area contributed by atoms with Gasteiger partial charge in [-0.15, -0.1) is 11.3 Å². The Morgan fingerprint density at radius 1 is 1.39 bits per heavy atom. The van der Waals surface area contributed by atoms with Crippen LogP contribution >= 0.6 is 11.3 Å². The topological polar surface area (TPSA) is 54.4 Å². The van der Waals surface area contributed by atoms with Crippen molar-refractivity contribution >= 4 is 11.3 Å². The van der Waals surface area contributed by atoms with Crippen LogP contribution in [-0.4, -0.2) is 17.2 Å². The number of phenols is 1. The molecule has 0 unspecified atom stereocenters. The van der Waals surface area contributed by atoms with Crippen molar-refractivity contribution in [2.75, 3.05) is 7.11 Å². The SMILES string of the molecule is COc1ccc(CNCc2scnc2C)c(O)c1. The number of thiazole rings is 1. The number of hydrogen-bond acceptors (Lipinski definition) is 5. The molecule has 0 saturated carbocycles. The first kappa shape index (κ1) is 12.9. The number of rotatable bonds is 5. The van der Waals surface area contributed by atoms with E-state index in [-0.39, 0.29) is 5.75 Å². The van der Waals surface area contributed by atoms with Crippen molar-refractivity contribution < 1.29 is 9.84 Å². The second kappa shape index (κ2) is 5.84. The number of benzene rings is 1. The van der Waals surface area contributed by atoms with Crippen molar-refractivity contribution in [1.82, 2.24) is 10.3 Å². The fourth-order valence-corrected chi connectivity index (χ4v) is 2.37. The van der Waals surface area contributed by atoms with Gasteiger partial charge in [0.2, 0.25) is 0 Å². The molecule has 0 aliphatic rings. The smallest absolute Gasteiger partial charge is 0.123 e. The first-order valence-electron chi connectivity index (χ1n) is 5.66. The summed E-state index contributed by atoms with van der Waals surface area (Å²) in [7, 11) is 1.58. The van der Waals surface area contributed by atoms with Gasteiger partial charge < -0.3 is 15.2 Å². The second-order valence-corrected chi connectivity index (χ2v) is 4.90. The third-order valence-corrected chi connectivity index (χ3v) is 3.67. The number of hydrogen-bond donors (Lipinski definition) is 2. The third-order valence-electron chi connectivity index (χ3n) is 2.74. The number of nitrogens with zero attached hydrogens (tertiary/aromatic N) is 1. The summed E-state index contributed by atoms with van der Waals surface area (Å²) in [4.78, 5) is 5.42. The Hall–Kier alpha value is -1.59. The quantitative estimate of drug-likeness (QED) is 0.871. The van der Waals surface area contributed by atoms with E-state index in [1.807, 2.05) is 24.6 Å². The normalized spacial score (nSPS) is 10.6. The Kier molecular flexibility index (Phi) is 4.17. The number of methoxy groups -OCH3 is 1. The highest BCUT2D eigenvalue weighted by molar-refractivity contribution is 7.09. The van der Waals surface area contributed by atoms with Crippen molar-refractivity contribution in [2.24, 2.45) is 0 Å². The fraction of sp³-hybridized carbons (Fsp3) is 0.308. The van der Waals surface area contributed by atoms with Gasteiger partial charge in [0.25, 0.3) is 0 Å². The Morgan fingerprint density at radius 2 is 2.22 bits per heavy atom. The molecule has 18 heavy (non-hydrogen) atoms. The van der Waals surface area contributed by atoms with Gasteiger partial charge in [0.15, 0.2) is 0 Å². The predicted molar refractivity (Wildman–Crippen MR) is 72.1 cm³/mol. The van der Waals surface area contributed by atoms with Crippen molar-refractivity contribution in [1.29, 1.82) is 0 Å². The lowest BCUT2D eigenvalue weighted by molar-refractivity contribution is 0.406. The van der Waals surface area contributed by atoms with E-state index in [9.17, 15) is 5.11 Å². The minimum Gasteiger partial charge on any atom is -0.507 e. The van der Waals surface area contributed by atoms with Crippen LogP contribution in [0.4, 0.5) is 0 Å². The average Bonchev–Trinajstić information content (AvgIpc) is 2.77. The maximum Gasteiger partial charge on any atom is 0.123 e. The molecular weight excluding hydrogens is 248 g/mol. The highest BCUT2D eigenvalue weighted by atomic mass is 32.1. The van der Waals surface area contributed by atoms with Gasteiger partial charge in [-0.1, -0.05) is 6.07 Å². The molecule has 0 spiro atoms. The van der Waals surface area contributed by atoms with Gasteiger partial charge in [-0.25, -0.2) is 4.98 Å². The van der Waals surface area contributed by atoms with Crippen molar-refractivity contribution in [2.45, 2.75) is 20.0 Å². The summed E-state index contributed by atoms with van der Waals surface area (Å²) < 4.78 is 5.04. The molecule has 2 rings (SSSR count). The van der Waals surface area contributed by atoms with Gasteiger partial charge in [0, 0.05) is 29.6 Å². The lowest BCUT2D eigenvalue weighted by Gasteiger charge is -2.08. The highest BCUT2D eigenvalue weighted by Gasteiger charge is 2.04. The van der Waals surface area contributed by atoms with Gasteiger partial charge in [0.05, 0.1) is 18.3 Å². The Labute approximate surface area is 110 Å². The average molecular weight is 264 g/mol. The third kappa shape index (κ3) is 3.00. The molecule has 0 atom stereocenters. The molecule has 4 nitrogen and oxygen atoms in total. The van der Waals surface area contributed by atoms with E-state index in [4.69, 9.17) is 4.74 Å². The molecule has 5 heteroatoms. The van der Waals surface area contributed by atoms with Crippen LogP contribution < -0.4 is 10.1 Å². The Morgan fingerprint density at radius 3 is 2.83 bits per heavy atom. The number of phenolic OH excluding ortho intramolecular Hbond substituents is 1. The second-order valence-electron chi connectivity index (χ2n) is 3.96. The summed E-state index contributed by atoms with van der Waals surface area (Å²) in [6.45, 7) is 3.38. The first-order chi connectivity index (χ1) is 8.70. The molecule has 1 aromatic carbocycles. The molecule has 0 bridgehead atoms. The van der Waals surface area contributed by atoms with Crippen LogP contribution in [0.5, 0.6) is 11.5 Å². The zero-order valence-corrected chi connectivity index (χ0v) is 11.3. The molecular formula is C13H16N2O2S. The summed E-state index contributed by atoms with van der Waals surface area (Å²) in [5, 5.41) is 13.1. The van der Waals surface area contributed by atoms with Crippen molar-refractivity contribution in [3.63, 3.8) is 0 Å². The van der Waals surface area contributed by atoms with Crippen LogP contribution in [0.3, 0.4) is 0 Å². The summed E-state index contributed by atoms with van der Waals surface area (Å²) in [5.41, 5.74) is 3.77. The first-order valence-corrected chi connectivity index (χ1v) is 6.54. The Balaban J connectivity index is 1.92. The molecule has 2 N–H and O–H groups in total. The van der Waals surface area contributed by atoms with E-state index < -0.39 is 0 Å². The number of ether oxygens (including phenoxy) is 1. The van der Waals surface area contributed by atoms with E-state index in [1.54, 1.807) is 24.5 Å². The van der Waals surface area contributed by atoms with Gasteiger partial charge in [-0.2, -0.15) is 0 Å². The molecule has 0 radical (unpaired) electrons. The van der Waals surface area contributed by atoms with Crippen LogP contribution in [0, 0.1) is 6.92 Å². The van der Waals surface area contributed by atoms with E-state index in [1.165, 1.54) is 4.88 Å². The predicted octanol–water partition coefficient (Wildman–Crippen LogP) is 2.46. The summed E-state index contributed by atoms with van der Waals surface area (Å²) in [6, 6.07) is 5.32. The molecule has 96 valence electrons. The monoisotopic (exact) mass is 264 g/mol.